The Morgan fingerprint density at radius 2 is 1.80 bits per heavy atom. The molecule has 0 spiro atoms. The van der Waals surface area contributed by atoms with Crippen LogP contribution in [0, 0.1) is 0 Å². The zero-order valence-corrected chi connectivity index (χ0v) is 9.87. The van der Waals surface area contributed by atoms with E-state index in [0.29, 0.717) is 12.1 Å². The summed E-state index contributed by atoms with van der Waals surface area (Å²) < 4.78 is 5.67. The van der Waals surface area contributed by atoms with Crippen LogP contribution >= 0.6 is 0 Å². The lowest BCUT2D eigenvalue weighted by atomic mass is 10.0. The van der Waals surface area contributed by atoms with Crippen molar-refractivity contribution in [2.45, 2.75) is 44.2 Å². The molecule has 0 aromatic heterocycles. The predicted octanol–water partition coefficient (Wildman–Crippen LogP) is 1.24. The van der Waals surface area contributed by atoms with E-state index < -0.39 is 0 Å². The Morgan fingerprint density at radius 1 is 1.07 bits per heavy atom. The van der Waals surface area contributed by atoms with Crippen molar-refractivity contribution in [2.75, 3.05) is 33.3 Å². The number of nitrogens with one attached hydrogen (secondary N) is 1. The average molecular weight is 212 g/mol. The first-order chi connectivity index (χ1) is 7.42. The first-order valence-corrected chi connectivity index (χ1v) is 6.39. The highest BCUT2D eigenvalue weighted by Gasteiger charge is 2.29. The van der Waals surface area contributed by atoms with E-state index in [2.05, 4.69) is 10.2 Å². The second kappa shape index (κ2) is 5.83. The first-order valence-electron chi connectivity index (χ1n) is 6.39. The maximum absolute atomic E-state index is 5.67. The fourth-order valence-corrected chi connectivity index (χ4v) is 2.96. The SMILES string of the molecule is COC1CCCCCC1N1CCNCC1. The molecule has 1 aliphatic heterocycles. The minimum absolute atomic E-state index is 0.477. The molecule has 88 valence electrons. The molecule has 3 heteroatoms. The standard InChI is InChI=1S/C12H24N2O/c1-15-12-6-4-2-3-5-11(12)14-9-7-13-8-10-14/h11-13H,2-10H2,1H3. The van der Waals surface area contributed by atoms with Crippen LogP contribution in [0.15, 0.2) is 0 Å². The number of ether oxygens (including phenoxy) is 1. The highest BCUT2D eigenvalue weighted by Crippen LogP contribution is 2.24. The van der Waals surface area contributed by atoms with Gasteiger partial charge < -0.3 is 10.1 Å². The molecule has 2 fully saturated rings. The Kier molecular flexibility index (Phi) is 4.42. The van der Waals surface area contributed by atoms with Gasteiger partial charge in [0.05, 0.1) is 6.10 Å². The predicted molar refractivity (Wildman–Crippen MR) is 62.1 cm³/mol. The maximum atomic E-state index is 5.67. The molecular weight excluding hydrogens is 188 g/mol. The zero-order chi connectivity index (χ0) is 10.5. The van der Waals surface area contributed by atoms with Crippen molar-refractivity contribution >= 4 is 0 Å². The van der Waals surface area contributed by atoms with E-state index in [1.54, 1.807) is 0 Å². The van der Waals surface area contributed by atoms with Crippen molar-refractivity contribution in [3.8, 4) is 0 Å². The van der Waals surface area contributed by atoms with Gasteiger partial charge in [-0.25, -0.2) is 0 Å². The third-order valence-corrected chi connectivity index (χ3v) is 3.84. The normalized spacial score (nSPS) is 35.0. The number of hydrogen-bond acceptors (Lipinski definition) is 3. The van der Waals surface area contributed by atoms with Crippen LogP contribution in [0.25, 0.3) is 0 Å². The molecular formula is C12H24N2O. The Morgan fingerprint density at radius 3 is 2.53 bits per heavy atom. The molecule has 1 heterocycles. The Hall–Kier alpha value is -0.120. The maximum Gasteiger partial charge on any atom is 0.0726 e. The molecule has 0 radical (unpaired) electrons. The Bertz CT molecular complexity index is 180. The highest BCUT2D eigenvalue weighted by atomic mass is 16.5. The summed E-state index contributed by atoms with van der Waals surface area (Å²) in [5.74, 6) is 0. The van der Waals surface area contributed by atoms with E-state index in [1.165, 1.54) is 45.2 Å². The van der Waals surface area contributed by atoms with Crippen LogP contribution in [-0.4, -0.2) is 50.3 Å². The van der Waals surface area contributed by atoms with E-state index in [1.807, 2.05) is 7.11 Å². The van der Waals surface area contributed by atoms with Crippen molar-refractivity contribution < 1.29 is 4.74 Å². The monoisotopic (exact) mass is 212 g/mol. The molecule has 2 rings (SSSR count). The second-order valence-corrected chi connectivity index (χ2v) is 4.77. The van der Waals surface area contributed by atoms with Crippen molar-refractivity contribution in [3.05, 3.63) is 0 Å². The lowest BCUT2D eigenvalue weighted by Gasteiger charge is -2.38. The average Bonchev–Trinajstić information content (AvgIpc) is 2.55. The van der Waals surface area contributed by atoms with Gasteiger partial charge in [-0.05, 0) is 12.8 Å². The molecule has 0 aromatic carbocycles. The number of nitrogens with zero attached hydrogens (tertiary/aromatic N) is 1. The minimum atomic E-state index is 0.477. The van der Waals surface area contributed by atoms with Crippen LogP contribution in [0.3, 0.4) is 0 Å². The van der Waals surface area contributed by atoms with Crippen LogP contribution in [-0.2, 0) is 4.74 Å². The Balaban J connectivity index is 1.95. The molecule has 15 heavy (non-hydrogen) atoms. The van der Waals surface area contributed by atoms with Gasteiger partial charge >= 0.3 is 0 Å². The number of rotatable bonds is 2. The van der Waals surface area contributed by atoms with Crippen LogP contribution in [0.2, 0.25) is 0 Å². The largest absolute Gasteiger partial charge is 0.380 e. The second-order valence-electron chi connectivity index (χ2n) is 4.77. The summed E-state index contributed by atoms with van der Waals surface area (Å²) in [5.41, 5.74) is 0. The van der Waals surface area contributed by atoms with Crippen molar-refractivity contribution in [1.82, 2.24) is 10.2 Å². The lowest BCUT2D eigenvalue weighted by molar-refractivity contribution is 0.00541. The van der Waals surface area contributed by atoms with Crippen LogP contribution in [0.5, 0.6) is 0 Å². The van der Waals surface area contributed by atoms with Gasteiger partial charge in [0.25, 0.3) is 0 Å². The third-order valence-electron chi connectivity index (χ3n) is 3.84. The summed E-state index contributed by atoms with van der Waals surface area (Å²) in [6, 6.07) is 0.680. The smallest absolute Gasteiger partial charge is 0.0726 e. The summed E-state index contributed by atoms with van der Waals surface area (Å²) in [6.07, 6.45) is 7.19. The fraction of sp³-hybridized carbons (Fsp3) is 1.00. The van der Waals surface area contributed by atoms with Crippen molar-refractivity contribution in [2.24, 2.45) is 0 Å². The molecule has 3 nitrogen and oxygen atoms in total. The zero-order valence-electron chi connectivity index (χ0n) is 9.87. The van der Waals surface area contributed by atoms with Gasteiger partial charge in [0.1, 0.15) is 0 Å². The summed E-state index contributed by atoms with van der Waals surface area (Å²) in [5, 5.41) is 3.42. The highest BCUT2D eigenvalue weighted by molar-refractivity contribution is 4.85. The quantitative estimate of drug-likeness (QED) is 0.697. The van der Waals surface area contributed by atoms with Gasteiger partial charge in [0.15, 0.2) is 0 Å². The Labute approximate surface area is 93.2 Å². The summed E-state index contributed by atoms with van der Waals surface area (Å²) in [7, 11) is 1.88. The first kappa shape index (κ1) is 11.4. The van der Waals surface area contributed by atoms with Crippen molar-refractivity contribution in [1.29, 1.82) is 0 Å². The van der Waals surface area contributed by atoms with Crippen LogP contribution in [0.1, 0.15) is 32.1 Å². The molecule has 0 bridgehead atoms. The molecule has 1 N–H and O–H groups in total. The summed E-state index contributed by atoms with van der Waals surface area (Å²) >= 11 is 0. The minimum Gasteiger partial charge on any atom is -0.380 e. The van der Waals surface area contributed by atoms with E-state index >= 15 is 0 Å². The molecule has 0 aromatic rings. The van der Waals surface area contributed by atoms with Gasteiger partial charge in [-0.15, -0.1) is 0 Å². The fourth-order valence-electron chi connectivity index (χ4n) is 2.96. The van der Waals surface area contributed by atoms with E-state index in [9.17, 15) is 0 Å². The molecule has 1 saturated carbocycles. The van der Waals surface area contributed by atoms with Crippen LogP contribution < -0.4 is 5.32 Å². The van der Waals surface area contributed by atoms with Crippen LogP contribution in [0.4, 0.5) is 0 Å². The molecule has 2 atom stereocenters. The molecule has 1 aliphatic carbocycles. The number of methoxy groups -OCH3 is 1. The third kappa shape index (κ3) is 2.92. The van der Waals surface area contributed by atoms with E-state index in [-0.39, 0.29) is 0 Å². The topological polar surface area (TPSA) is 24.5 Å². The number of piperazine rings is 1. The molecule has 2 aliphatic rings. The lowest BCUT2D eigenvalue weighted by Crippen LogP contribution is -2.52. The number of hydrogen-bond donors (Lipinski definition) is 1. The summed E-state index contributed by atoms with van der Waals surface area (Å²) in [4.78, 5) is 2.63. The molecule has 0 amide bonds. The van der Waals surface area contributed by atoms with E-state index in [4.69, 9.17) is 4.74 Å². The van der Waals surface area contributed by atoms with Crippen molar-refractivity contribution in [3.63, 3.8) is 0 Å². The molecule has 1 saturated heterocycles. The van der Waals surface area contributed by atoms with Gasteiger partial charge in [0, 0.05) is 39.3 Å². The van der Waals surface area contributed by atoms with Gasteiger partial charge in [0.2, 0.25) is 0 Å². The summed E-state index contributed by atoms with van der Waals surface area (Å²) in [6.45, 7) is 4.69. The molecule has 2 unspecified atom stereocenters. The van der Waals surface area contributed by atoms with E-state index in [0.717, 1.165) is 13.1 Å². The van der Waals surface area contributed by atoms with Gasteiger partial charge in [-0.2, -0.15) is 0 Å². The van der Waals surface area contributed by atoms with Gasteiger partial charge in [-0.1, -0.05) is 19.3 Å². The van der Waals surface area contributed by atoms with Gasteiger partial charge in [-0.3, -0.25) is 4.90 Å².